The van der Waals surface area contributed by atoms with Gasteiger partial charge < -0.3 is 14.8 Å². The van der Waals surface area contributed by atoms with E-state index in [-0.39, 0.29) is 18.5 Å². The summed E-state index contributed by atoms with van der Waals surface area (Å²) in [6.07, 6.45) is 12.3. The van der Waals surface area contributed by atoms with Crippen molar-refractivity contribution < 1.29 is 28.4 Å². The number of carbonyl (C=O) groups is 3. The van der Waals surface area contributed by atoms with Crippen molar-refractivity contribution in [3.8, 4) is 11.5 Å². The van der Waals surface area contributed by atoms with E-state index in [2.05, 4.69) is 5.32 Å². The van der Waals surface area contributed by atoms with E-state index in [1.807, 2.05) is 0 Å². The molecule has 1 aromatic carbocycles. The summed E-state index contributed by atoms with van der Waals surface area (Å²) in [6, 6.07) is 4.45. The predicted molar refractivity (Wildman–Crippen MR) is 119 cm³/mol. The summed E-state index contributed by atoms with van der Waals surface area (Å²) in [7, 11) is 2.99. The SMILES string of the molecule is COc1ccc(N2C(=O)C3C=CC=CC3=[N+](CC(=O)NC3CCCCC3)C2=O)c(OC)c1. The van der Waals surface area contributed by atoms with Crippen LogP contribution in [0.4, 0.5) is 10.5 Å². The molecule has 0 saturated heterocycles. The third kappa shape index (κ3) is 4.17. The number of fused-ring (bicyclic) bond motifs is 1. The first-order chi connectivity index (χ1) is 15.5. The van der Waals surface area contributed by atoms with Crippen LogP contribution >= 0.6 is 0 Å². The van der Waals surface area contributed by atoms with Gasteiger partial charge in [-0.05, 0) is 31.1 Å². The van der Waals surface area contributed by atoms with E-state index >= 15 is 0 Å². The number of hydrogen-bond donors (Lipinski definition) is 1. The lowest BCUT2D eigenvalue weighted by atomic mass is 9.94. The molecule has 1 fully saturated rings. The highest BCUT2D eigenvalue weighted by Crippen LogP contribution is 2.35. The number of imide groups is 1. The van der Waals surface area contributed by atoms with Crippen LogP contribution in [-0.2, 0) is 9.59 Å². The van der Waals surface area contributed by atoms with E-state index in [1.165, 1.54) is 25.2 Å². The molecule has 0 aromatic heterocycles. The third-order valence-corrected chi connectivity index (χ3v) is 6.12. The van der Waals surface area contributed by atoms with Crippen LogP contribution in [0.2, 0.25) is 0 Å². The Morgan fingerprint density at radius 1 is 1.12 bits per heavy atom. The molecule has 3 aliphatic rings. The minimum Gasteiger partial charge on any atom is -0.497 e. The summed E-state index contributed by atoms with van der Waals surface area (Å²) in [6.45, 7) is -0.151. The van der Waals surface area contributed by atoms with E-state index in [9.17, 15) is 14.4 Å². The number of nitrogens with one attached hydrogen (secondary N) is 1. The fourth-order valence-electron chi connectivity index (χ4n) is 4.48. The van der Waals surface area contributed by atoms with Crippen molar-refractivity contribution >= 4 is 29.2 Å². The van der Waals surface area contributed by atoms with Crippen LogP contribution in [0.15, 0.2) is 42.5 Å². The summed E-state index contributed by atoms with van der Waals surface area (Å²) < 4.78 is 12.0. The van der Waals surface area contributed by atoms with Crippen molar-refractivity contribution in [2.24, 2.45) is 5.92 Å². The molecule has 1 atom stereocenters. The Morgan fingerprint density at radius 3 is 2.62 bits per heavy atom. The van der Waals surface area contributed by atoms with Crippen LogP contribution in [0.1, 0.15) is 32.1 Å². The number of amides is 4. The van der Waals surface area contributed by atoms with Gasteiger partial charge in [0.15, 0.2) is 18.0 Å². The van der Waals surface area contributed by atoms with Gasteiger partial charge in [-0.2, -0.15) is 9.37 Å². The molecule has 2 aliphatic carbocycles. The first-order valence-corrected chi connectivity index (χ1v) is 10.9. The van der Waals surface area contributed by atoms with Gasteiger partial charge in [0, 0.05) is 12.1 Å². The van der Waals surface area contributed by atoms with Crippen LogP contribution < -0.4 is 19.7 Å². The summed E-state index contributed by atoms with van der Waals surface area (Å²) in [4.78, 5) is 40.8. The van der Waals surface area contributed by atoms with Crippen LogP contribution in [0, 0.1) is 5.92 Å². The standard InChI is InChI=1S/C24H27N3O5/c1-31-17-12-13-20(21(14-17)32-2)27-23(29)18-10-6-7-11-19(18)26(24(27)30)15-22(28)25-16-8-4-3-5-9-16/h6-7,10-14,16,18H,3-5,8-9,15H2,1-2H3/p+1. The highest BCUT2D eigenvalue weighted by Gasteiger charge is 2.49. The number of urea groups is 1. The van der Waals surface area contributed by atoms with E-state index in [4.69, 9.17) is 9.47 Å². The molecule has 1 unspecified atom stereocenters. The second kappa shape index (κ2) is 9.38. The topological polar surface area (TPSA) is 88.0 Å². The van der Waals surface area contributed by atoms with E-state index in [0.29, 0.717) is 22.9 Å². The maximum atomic E-state index is 13.5. The van der Waals surface area contributed by atoms with Crippen LogP contribution in [0.25, 0.3) is 0 Å². The number of anilines is 1. The zero-order valence-corrected chi connectivity index (χ0v) is 18.4. The number of allylic oxidation sites excluding steroid dienone is 3. The second-order valence-corrected chi connectivity index (χ2v) is 8.13. The van der Waals surface area contributed by atoms with Gasteiger partial charge in [-0.25, -0.2) is 4.79 Å². The highest BCUT2D eigenvalue weighted by atomic mass is 16.5. The average Bonchev–Trinajstić information content (AvgIpc) is 2.82. The number of benzene rings is 1. The summed E-state index contributed by atoms with van der Waals surface area (Å²) in [5.41, 5.74) is 0.813. The molecule has 168 valence electrons. The third-order valence-electron chi connectivity index (χ3n) is 6.12. The maximum absolute atomic E-state index is 13.5. The highest BCUT2D eigenvalue weighted by molar-refractivity contribution is 6.26. The molecular weight excluding hydrogens is 410 g/mol. The van der Waals surface area contributed by atoms with Gasteiger partial charge in [0.05, 0.1) is 14.2 Å². The Balaban J connectivity index is 1.67. The number of methoxy groups -OCH3 is 2. The minimum atomic E-state index is -0.660. The van der Waals surface area contributed by atoms with E-state index in [1.54, 1.807) is 42.5 Å². The van der Waals surface area contributed by atoms with Crippen molar-refractivity contribution in [1.82, 2.24) is 5.32 Å². The van der Waals surface area contributed by atoms with Gasteiger partial charge in [0.2, 0.25) is 0 Å². The molecular formula is C24H28N3O5+. The van der Waals surface area contributed by atoms with Crippen molar-refractivity contribution in [1.29, 1.82) is 0 Å². The van der Waals surface area contributed by atoms with E-state index in [0.717, 1.165) is 30.6 Å². The summed E-state index contributed by atoms with van der Waals surface area (Å²) >= 11 is 0. The molecule has 4 amide bonds. The summed E-state index contributed by atoms with van der Waals surface area (Å²) in [5, 5.41) is 3.05. The fraction of sp³-hybridized carbons (Fsp3) is 0.417. The van der Waals surface area contributed by atoms with Crippen LogP contribution in [0.3, 0.4) is 0 Å². The molecule has 8 nitrogen and oxygen atoms in total. The molecule has 0 bridgehead atoms. The Labute approximate surface area is 187 Å². The van der Waals surface area contributed by atoms with Gasteiger partial charge in [0.1, 0.15) is 17.4 Å². The molecule has 0 radical (unpaired) electrons. The van der Waals surface area contributed by atoms with Gasteiger partial charge in [-0.3, -0.25) is 4.79 Å². The Morgan fingerprint density at radius 2 is 1.91 bits per heavy atom. The number of nitrogens with zero attached hydrogens (tertiary/aromatic N) is 2. The van der Waals surface area contributed by atoms with Gasteiger partial charge in [-0.15, -0.1) is 4.90 Å². The molecule has 1 N–H and O–H groups in total. The molecule has 8 heteroatoms. The fourth-order valence-corrected chi connectivity index (χ4v) is 4.48. The zero-order valence-electron chi connectivity index (χ0n) is 18.4. The largest absolute Gasteiger partial charge is 0.506 e. The first-order valence-electron chi connectivity index (χ1n) is 10.9. The Kier molecular flexibility index (Phi) is 6.39. The average molecular weight is 439 g/mol. The summed E-state index contributed by atoms with van der Waals surface area (Å²) in [5.74, 6) is -0.407. The van der Waals surface area contributed by atoms with Gasteiger partial charge >= 0.3 is 11.9 Å². The normalized spacial score (nSPS) is 20.9. The molecule has 1 aliphatic heterocycles. The molecule has 1 heterocycles. The molecule has 1 aromatic rings. The molecule has 32 heavy (non-hydrogen) atoms. The molecule has 0 spiro atoms. The van der Waals surface area contributed by atoms with Crippen molar-refractivity contribution in [2.45, 2.75) is 38.1 Å². The number of carbonyl (C=O) groups excluding carboxylic acids is 3. The smallest absolute Gasteiger partial charge is 0.497 e. The lowest BCUT2D eigenvalue weighted by molar-refractivity contribution is -0.417. The lowest BCUT2D eigenvalue weighted by Gasteiger charge is -2.28. The number of rotatable bonds is 6. The minimum absolute atomic E-state index is 0.137. The maximum Gasteiger partial charge on any atom is 0.506 e. The Hall–Kier alpha value is -3.42. The van der Waals surface area contributed by atoms with Gasteiger partial charge in [0.25, 0.3) is 5.91 Å². The van der Waals surface area contributed by atoms with Crippen molar-refractivity contribution in [3.05, 3.63) is 42.5 Å². The van der Waals surface area contributed by atoms with Gasteiger partial charge in [-0.1, -0.05) is 37.5 Å². The lowest BCUT2D eigenvalue weighted by Crippen LogP contribution is -2.56. The van der Waals surface area contributed by atoms with E-state index < -0.39 is 17.9 Å². The monoisotopic (exact) mass is 438 g/mol. The van der Waals surface area contributed by atoms with Crippen LogP contribution in [-0.4, -0.2) is 54.9 Å². The molecule has 1 saturated carbocycles. The van der Waals surface area contributed by atoms with Crippen molar-refractivity contribution in [2.75, 3.05) is 25.7 Å². The quantitative estimate of drug-likeness (QED) is 0.690. The molecule has 4 rings (SSSR count). The Bertz CT molecular complexity index is 1020. The number of hydrogen-bond acceptors (Lipinski definition) is 5. The first kappa shape index (κ1) is 21.8. The van der Waals surface area contributed by atoms with Crippen molar-refractivity contribution in [3.63, 3.8) is 0 Å². The zero-order chi connectivity index (χ0) is 22.7. The predicted octanol–water partition coefficient (Wildman–Crippen LogP) is 2.82. The number of ether oxygens (including phenoxy) is 2. The second-order valence-electron chi connectivity index (χ2n) is 8.13. The van der Waals surface area contributed by atoms with Crippen LogP contribution in [0.5, 0.6) is 11.5 Å².